The quantitative estimate of drug-likeness (QED) is 0.144. The molecule has 1 saturated carbocycles. The van der Waals surface area contributed by atoms with Crippen LogP contribution >= 0.6 is 0 Å². The minimum atomic E-state index is -0.767. The summed E-state index contributed by atoms with van der Waals surface area (Å²) in [7, 11) is 0. The van der Waals surface area contributed by atoms with Crippen LogP contribution in [0.3, 0.4) is 0 Å². The van der Waals surface area contributed by atoms with Crippen LogP contribution in [0.25, 0.3) is 10.9 Å². The summed E-state index contributed by atoms with van der Waals surface area (Å²) in [5.74, 6) is -2.90. The Morgan fingerprint density at radius 3 is 2.37 bits per heavy atom. The van der Waals surface area contributed by atoms with Crippen molar-refractivity contribution in [3.8, 4) is 23.0 Å². The number of phenolic OH excluding ortho intramolecular Hbond substituents is 2. The monoisotopic (exact) mass is 521 g/mol. The maximum atomic E-state index is 14.9. The van der Waals surface area contributed by atoms with Crippen LogP contribution in [0.2, 0.25) is 0 Å². The fourth-order valence-corrected chi connectivity index (χ4v) is 4.49. The smallest absolute Gasteiger partial charge is 0.253 e. The van der Waals surface area contributed by atoms with Crippen molar-refractivity contribution in [1.29, 1.82) is 0 Å². The van der Waals surface area contributed by atoms with Gasteiger partial charge in [0.25, 0.3) is 6.04 Å². The second kappa shape index (κ2) is 9.25. The third kappa shape index (κ3) is 4.65. The van der Waals surface area contributed by atoms with Gasteiger partial charge in [-0.05, 0) is 48.5 Å². The first-order valence-electron chi connectivity index (χ1n) is 11.6. The summed E-state index contributed by atoms with van der Waals surface area (Å²) in [5.41, 5.74) is 2.80. The van der Waals surface area contributed by atoms with Gasteiger partial charge in [-0.3, -0.25) is 9.78 Å². The largest absolute Gasteiger partial charge is 0.504 e. The number of aromatic nitrogens is 1. The van der Waals surface area contributed by atoms with Gasteiger partial charge in [0.15, 0.2) is 23.1 Å². The Labute approximate surface area is 215 Å². The van der Waals surface area contributed by atoms with Crippen LogP contribution < -0.4 is 15.5 Å². The molecule has 1 aromatic heterocycles. The van der Waals surface area contributed by atoms with Crippen LogP contribution in [0.1, 0.15) is 13.8 Å². The molecule has 0 radical (unpaired) electrons. The highest BCUT2D eigenvalue weighted by Gasteiger charge is 2.73. The standard InChI is InChI=1S/C27H22F2N4O5/c1-27(2)24(26(36)31-15-5-3-14(28)4-6-15)25(27)33(37)32-16-7-8-23(18(29)11-16)38-22-9-10-30-19-13-21(35)20(34)12-17(19)22/h3-13,24-25H,1-2H3,(H3-,30,31,32,34,35,36,37)/p+1/t24-,25-/m0/s1. The summed E-state index contributed by atoms with van der Waals surface area (Å²) in [4.78, 5) is 30.2. The summed E-state index contributed by atoms with van der Waals surface area (Å²) in [5, 5.41) is 22.5. The number of rotatable bonds is 7. The van der Waals surface area contributed by atoms with Gasteiger partial charge in [-0.25, -0.2) is 8.78 Å². The third-order valence-corrected chi connectivity index (χ3v) is 6.61. The lowest BCUT2D eigenvalue weighted by Crippen LogP contribution is -2.24. The minimum Gasteiger partial charge on any atom is -0.504 e. The molecule has 2 atom stereocenters. The molecular formula is C27H23F2N4O5+. The molecule has 1 heterocycles. The number of carbonyl (C=O) groups is 1. The van der Waals surface area contributed by atoms with E-state index in [9.17, 15) is 28.7 Å². The van der Waals surface area contributed by atoms with Crippen LogP contribution in [0, 0.1) is 27.9 Å². The second-order valence-corrected chi connectivity index (χ2v) is 9.59. The van der Waals surface area contributed by atoms with Gasteiger partial charge in [-0.15, -0.1) is 5.43 Å². The number of benzene rings is 3. The second-order valence-electron chi connectivity index (χ2n) is 9.59. The Kier molecular flexibility index (Phi) is 6.06. The number of ether oxygens (including phenoxy) is 1. The number of aromatic hydroxyl groups is 2. The number of carbonyl (C=O) groups excluding carboxylic acids is 1. The predicted molar refractivity (Wildman–Crippen MR) is 135 cm³/mol. The lowest BCUT2D eigenvalue weighted by molar-refractivity contribution is -0.540. The van der Waals surface area contributed by atoms with Crippen molar-refractivity contribution in [3.05, 3.63) is 83.4 Å². The average Bonchev–Trinajstić information content (AvgIpc) is 3.45. The number of hydrazine groups is 1. The van der Waals surface area contributed by atoms with Gasteiger partial charge < -0.3 is 20.3 Å². The van der Waals surface area contributed by atoms with Gasteiger partial charge >= 0.3 is 0 Å². The lowest BCUT2D eigenvalue weighted by atomic mass is 10.1. The molecule has 0 saturated heterocycles. The number of anilines is 2. The van der Waals surface area contributed by atoms with E-state index in [1.807, 2.05) is 0 Å². The van der Waals surface area contributed by atoms with Crippen LogP contribution in [0.4, 0.5) is 20.2 Å². The predicted octanol–water partition coefficient (Wildman–Crippen LogP) is 5.49. The zero-order valence-electron chi connectivity index (χ0n) is 20.3. The number of halogens is 2. The van der Waals surface area contributed by atoms with Crippen molar-refractivity contribution < 1.29 is 33.4 Å². The normalized spacial score (nSPS) is 17.6. The molecule has 1 amide bonds. The molecule has 0 bridgehead atoms. The van der Waals surface area contributed by atoms with Gasteiger partial charge in [-0.1, -0.05) is 13.8 Å². The maximum Gasteiger partial charge on any atom is 0.253 e. The van der Waals surface area contributed by atoms with Gasteiger partial charge in [0, 0.05) is 29.4 Å². The fourth-order valence-electron chi connectivity index (χ4n) is 4.49. The molecule has 5 rings (SSSR count). The summed E-state index contributed by atoms with van der Waals surface area (Å²) < 4.78 is 33.7. The van der Waals surface area contributed by atoms with Crippen LogP contribution in [0.5, 0.6) is 23.0 Å². The van der Waals surface area contributed by atoms with Crippen LogP contribution in [-0.4, -0.2) is 32.0 Å². The number of nitrogens with zero attached hydrogens (tertiary/aromatic N) is 2. The molecule has 1 aliphatic rings. The Morgan fingerprint density at radius 2 is 1.66 bits per heavy atom. The number of fused-ring (bicyclic) bond motifs is 1. The van der Waals surface area contributed by atoms with Gasteiger partial charge in [0.05, 0.1) is 15.8 Å². The molecule has 4 N–H and O–H groups in total. The molecule has 1 aliphatic carbocycles. The molecule has 38 heavy (non-hydrogen) atoms. The van der Waals surface area contributed by atoms with Crippen molar-refractivity contribution in [3.63, 3.8) is 0 Å². The van der Waals surface area contributed by atoms with E-state index in [1.165, 1.54) is 60.8 Å². The van der Waals surface area contributed by atoms with Crippen molar-refractivity contribution in [2.45, 2.75) is 19.9 Å². The topological polar surface area (TPSA) is 124 Å². The highest BCUT2D eigenvalue weighted by molar-refractivity contribution is 5.95. The third-order valence-electron chi connectivity index (χ3n) is 6.61. The Bertz CT molecular complexity index is 1580. The highest BCUT2D eigenvalue weighted by atomic mass is 19.1. The molecule has 0 aliphatic heterocycles. The van der Waals surface area contributed by atoms with E-state index < -0.39 is 29.0 Å². The van der Waals surface area contributed by atoms with Crippen molar-refractivity contribution in [2.75, 3.05) is 10.7 Å². The first kappa shape index (κ1) is 24.9. The van der Waals surface area contributed by atoms with Gasteiger partial charge in [0.1, 0.15) is 28.0 Å². The van der Waals surface area contributed by atoms with Crippen molar-refractivity contribution in [1.82, 2.24) is 4.98 Å². The zero-order chi connectivity index (χ0) is 27.2. The number of nitroso groups, excluding NO2 is 1. The SMILES string of the molecule is CC1(C)[C@H](C(=O)Nc2ccc(F)cc2)[C@@H]1[N+](=O)Nc1ccc(Oc2ccnc3cc(O)c(O)cc23)c(F)c1. The summed E-state index contributed by atoms with van der Waals surface area (Å²) >= 11 is 0. The van der Waals surface area contributed by atoms with E-state index in [0.29, 0.717) is 21.5 Å². The van der Waals surface area contributed by atoms with Crippen LogP contribution in [0.15, 0.2) is 66.9 Å². The first-order valence-corrected chi connectivity index (χ1v) is 11.6. The maximum absolute atomic E-state index is 14.9. The summed E-state index contributed by atoms with van der Waals surface area (Å²) in [6.07, 6.45) is 1.41. The molecule has 194 valence electrons. The zero-order valence-corrected chi connectivity index (χ0v) is 20.3. The number of nitrogens with one attached hydrogen (secondary N) is 2. The number of phenols is 2. The highest BCUT2D eigenvalue weighted by Crippen LogP contribution is 2.54. The summed E-state index contributed by atoms with van der Waals surface area (Å²) in [6.45, 7) is 3.54. The van der Waals surface area contributed by atoms with E-state index in [2.05, 4.69) is 15.7 Å². The lowest BCUT2D eigenvalue weighted by Gasteiger charge is -2.10. The Morgan fingerprint density at radius 1 is 0.974 bits per heavy atom. The van der Waals surface area contributed by atoms with E-state index in [4.69, 9.17) is 4.74 Å². The average molecular weight is 522 g/mol. The van der Waals surface area contributed by atoms with E-state index in [-0.39, 0.29) is 34.6 Å². The first-order chi connectivity index (χ1) is 18.0. The molecule has 4 aromatic rings. The molecule has 9 nitrogen and oxygen atoms in total. The molecule has 0 spiro atoms. The molecule has 3 aromatic carbocycles. The van der Waals surface area contributed by atoms with E-state index in [1.54, 1.807) is 13.8 Å². The number of hydrogen-bond acceptors (Lipinski definition) is 6. The molecule has 11 heteroatoms. The number of amides is 1. The van der Waals surface area contributed by atoms with Gasteiger partial charge in [0.2, 0.25) is 5.91 Å². The molecular weight excluding hydrogens is 498 g/mol. The minimum absolute atomic E-state index is 0.142. The van der Waals surface area contributed by atoms with E-state index >= 15 is 0 Å². The van der Waals surface area contributed by atoms with Crippen molar-refractivity contribution >= 4 is 28.2 Å². The van der Waals surface area contributed by atoms with Crippen molar-refractivity contribution in [2.24, 2.45) is 11.3 Å². The molecule has 0 unspecified atom stereocenters. The number of hydrogen-bond donors (Lipinski definition) is 4. The van der Waals surface area contributed by atoms with Crippen LogP contribution in [-0.2, 0) is 4.79 Å². The molecule has 1 fully saturated rings. The Balaban J connectivity index is 1.28. The Hall–Kier alpha value is -4.80. The van der Waals surface area contributed by atoms with Gasteiger partial charge in [-0.2, -0.15) is 0 Å². The number of pyridine rings is 1. The van der Waals surface area contributed by atoms with E-state index in [0.717, 1.165) is 6.07 Å². The summed E-state index contributed by atoms with van der Waals surface area (Å²) in [6, 6.07) is 12.4. The fraction of sp³-hybridized carbons (Fsp3) is 0.185.